The summed E-state index contributed by atoms with van der Waals surface area (Å²) in [6, 6.07) is 0. The second-order valence-electron chi connectivity index (χ2n) is 5.75. The van der Waals surface area contributed by atoms with Crippen molar-refractivity contribution in [3.8, 4) is 0 Å². The van der Waals surface area contributed by atoms with E-state index in [2.05, 4.69) is 25.6 Å². The van der Waals surface area contributed by atoms with Crippen LogP contribution in [0.1, 0.15) is 31.7 Å². The van der Waals surface area contributed by atoms with E-state index in [0.717, 1.165) is 36.6 Å². The number of nitrogens with two attached hydrogens (primary N) is 1. The fourth-order valence-electron chi connectivity index (χ4n) is 2.79. The molecule has 0 bridgehead atoms. The van der Waals surface area contributed by atoms with Crippen LogP contribution in [-0.2, 0) is 11.2 Å². The van der Waals surface area contributed by atoms with Gasteiger partial charge in [0.25, 0.3) is 0 Å². The summed E-state index contributed by atoms with van der Waals surface area (Å²) in [5.74, 6) is 7.87. The number of hydrogen-bond donors (Lipinski definition) is 3. The van der Waals surface area contributed by atoms with Crippen molar-refractivity contribution in [2.45, 2.75) is 33.6 Å². The monoisotopic (exact) mass is 292 g/mol. The topological polar surface area (TPSA) is 96.2 Å². The van der Waals surface area contributed by atoms with Gasteiger partial charge in [0.15, 0.2) is 0 Å². The van der Waals surface area contributed by atoms with Gasteiger partial charge in [0.2, 0.25) is 5.91 Å². The molecule has 116 valence electrons. The average molecular weight is 292 g/mol. The van der Waals surface area contributed by atoms with Crippen LogP contribution in [0.5, 0.6) is 0 Å². The Labute approximate surface area is 125 Å². The van der Waals surface area contributed by atoms with E-state index in [1.54, 1.807) is 7.05 Å². The fourth-order valence-corrected chi connectivity index (χ4v) is 2.79. The number of nitrogen functional groups attached to an aromatic ring is 1. The second-order valence-corrected chi connectivity index (χ2v) is 5.75. The molecule has 1 atom stereocenters. The van der Waals surface area contributed by atoms with E-state index in [1.807, 2.05) is 20.8 Å². The molecule has 2 rings (SSSR count). The molecule has 0 radical (unpaired) electrons. The highest BCUT2D eigenvalue weighted by Gasteiger charge is 2.40. The summed E-state index contributed by atoms with van der Waals surface area (Å²) in [5, 5.41) is 2.75. The zero-order chi connectivity index (χ0) is 15.6. The van der Waals surface area contributed by atoms with Crippen LogP contribution in [0.15, 0.2) is 0 Å². The minimum absolute atomic E-state index is 0.0737. The SMILES string of the molecule is CCc1nc(NN)c(C)c(N2CCC(C)(C(=O)NC)C2)n1. The minimum Gasteiger partial charge on any atom is -0.359 e. The Morgan fingerprint density at radius 1 is 1.48 bits per heavy atom. The number of amides is 1. The van der Waals surface area contributed by atoms with Crippen LogP contribution in [0.25, 0.3) is 0 Å². The Morgan fingerprint density at radius 2 is 2.19 bits per heavy atom. The van der Waals surface area contributed by atoms with Gasteiger partial charge in [0, 0.05) is 32.1 Å². The first-order chi connectivity index (χ1) is 9.95. The Morgan fingerprint density at radius 3 is 2.76 bits per heavy atom. The minimum atomic E-state index is -0.380. The molecule has 0 aliphatic carbocycles. The van der Waals surface area contributed by atoms with Gasteiger partial charge in [-0.2, -0.15) is 0 Å². The smallest absolute Gasteiger partial charge is 0.227 e. The van der Waals surface area contributed by atoms with E-state index in [4.69, 9.17) is 5.84 Å². The maximum atomic E-state index is 12.0. The van der Waals surface area contributed by atoms with Crippen LogP contribution in [0.4, 0.5) is 11.6 Å². The molecule has 1 aromatic rings. The van der Waals surface area contributed by atoms with E-state index in [0.29, 0.717) is 12.4 Å². The Kier molecular flexibility index (Phi) is 4.32. The van der Waals surface area contributed by atoms with Crippen molar-refractivity contribution in [1.29, 1.82) is 0 Å². The molecule has 1 aromatic heterocycles. The summed E-state index contributed by atoms with van der Waals surface area (Å²) in [7, 11) is 1.68. The molecule has 0 saturated carbocycles. The fraction of sp³-hybridized carbons (Fsp3) is 0.643. The van der Waals surface area contributed by atoms with Crippen LogP contribution >= 0.6 is 0 Å². The van der Waals surface area contributed by atoms with E-state index in [1.165, 1.54) is 0 Å². The first-order valence-electron chi connectivity index (χ1n) is 7.26. The van der Waals surface area contributed by atoms with Gasteiger partial charge < -0.3 is 15.6 Å². The molecule has 7 heteroatoms. The zero-order valence-electron chi connectivity index (χ0n) is 13.2. The van der Waals surface area contributed by atoms with Gasteiger partial charge in [0.1, 0.15) is 17.5 Å². The van der Waals surface area contributed by atoms with Crippen LogP contribution in [0, 0.1) is 12.3 Å². The van der Waals surface area contributed by atoms with Gasteiger partial charge in [-0.1, -0.05) is 6.92 Å². The number of carbonyl (C=O) groups is 1. The van der Waals surface area contributed by atoms with Gasteiger partial charge in [-0.3, -0.25) is 4.79 Å². The average Bonchev–Trinajstić information content (AvgIpc) is 2.90. The number of nitrogens with one attached hydrogen (secondary N) is 2. The third-order valence-corrected chi connectivity index (χ3v) is 4.17. The van der Waals surface area contributed by atoms with Crippen LogP contribution in [0.2, 0.25) is 0 Å². The molecule has 21 heavy (non-hydrogen) atoms. The number of nitrogens with zero attached hydrogens (tertiary/aromatic N) is 3. The van der Waals surface area contributed by atoms with Gasteiger partial charge in [-0.15, -0.1) is 0 Å². The molecule has 2 heterocycles. The number of aromatic nitrogens is 2. The molecule has 1 amide bonds. The van der Waals surface area contributed by atoms with Gasteiger partial charge in [0.05, 0.1) is 5.41 Å². The van der Waals surface area contributed by atoms with E-state index < -0.39 is 0 Å². The largest absolute Gasteiger partial charge is 0.359 e. The highest BCUT2D eigenvalue weighted by Crippen LogP contribution is 2.35. The molecule has 0 spiro atoms. The molecule has 0 aromatic carbocycles. The molecule has 1 aliphatic rings. The predicted molar refractivity (Wildman–Crippen MR) is 83.0 cm³/mol. The lowest BCUT2D eigenvalue weighted by atomic mass is 9.89. The van der Waals surface area contributed by atoms with Gasteiger partial charge in [-0.05, 0) is 20.3 Å². The molecule has 1 aliphatic heterocycles. The van der Waals surface area contributed by atoms with Crippen molar-refractivity contribution < 1.29 is 4.79 Å². The molecule has 4 N–H and O–H groups in total. The third-order valence-electron chi connectivity index (χ3n) is 4.17. The number of carbonyl (C=O) groups excluding carboxylic acids is 1. The summed E-state index contributed by atoms with van der Waals surface area (Å²) in [4.78, 5) is 23.2. The van der Waals surface area contributed by atoms with Crippen molar-refractivity contribution in [3.63, 3.8) is 0 Å². The van der Waals surface area contributed by atoms with Crippen LogP contribution < -0.4 is 21.5 Å². The quantitative estimate of drug-likeness (QED) is 0.555. The van der Waals surface area contributed by atoms with Crippen molar-refractivity contribution in [2.24, 2.45) is 11.3 Å². The van der Waals surface area contributed by atoms with E-state index in [-0.39, 0.29) is 11.3 Å². The summed E-state index contributed by atoms with van der Waals surface area (Å²) in [6.45, 7) is 7.39. The van der Waals surface area contributed by atoms with Crippen LogP contribution in [0.3, 0.4) is 0 Å². The first-order valence-corrected chi connectivity index (χ1v) is 7.26. The van der Waals surface area contributed by atoms with Crippen LogP contribution in [-0.4, -0.2) is 36.0 Å². The summed E-state index contributed by atoms with van der Waals surface area (Å²) < 4.78 is 0. The number of hydrogen-bond acceptors (Lipinski definition) is 6. The second kappa shape index (κ2) is 5.85. The standard InChI is InChI=1S/C14H24N6O/c1-5-10-17-11(19-15)9(2)12(18-10)20-7-6-14(3,8-20)13(21)16-4/h5-8,15H2,1-4H3,(H,16,21)(H,17,18,19). The lowest BCUT2D eigenvalue weighted by molar-refractivity contribution is -0.128. The third kappa shape index (κ3) is 2.78. The Balaban J connectivity index is 2.33. The van der Waals surface area contributed by atoms with Gasteiger partial charge in [-0.25, -0.2) is 15.8 Å². The lowest BCUT2D eigenvalue weighted by Crippen LogP contribution is -2.39. The molecular formula is C14H24N6O. The summed E-state index contributed by atoms with van der Waals surface area (Å²) in [5.41, 5.74) is 3.16. The summed E-state index contributed by atoms with van der Waals surface area (Å²) >= 11 is 0. The highest BCUT2D eigenvalue weighted by atomic mass is 16.2. The number of aryl methyl sites for hydroxylation is 1. The number of hydrazine groups is 1. The molecule has 7 nitrogen and oxygen atoms in total. The van der Waals surface area contributed by atoms with E-state index in [9.17, 15) is 4.79 Å². The molecular weight excluding hydrogens is 268 g/mol. The van der Waals surface area contributed by atoms with Crippen molar-refractivity contribution in [2.75, 3.05) is 30.5 Å². The van der Waals surface area contributed by atoms with Gasteiger partial charge >= 0.3 is 0 Å². The van der Waals surface area contributed by atoms with E-state index >= 15 is 0 Å². The number of rotatable bonds is 4. The normalized spacial score (nSPS) is 21.5. The lowest BCUT2D eigenvalue weighted by Gasteiger charge is -2.25. The first kappa shape index (κ1) is 15.5. The Hall–Kier alpha value is -1.89. The maximum Gasteiger partial charge on any atom is 0.227 e. The van der Waals surface area contributed by atoms with Crippen molar-refractivity contribution >= 4 is 17.5 Å². The Bertz CT molecular complexity index is 547. The number of anilines is 2. The zero-order valence-corrected chi connectivity index (χ0v) is 13.2. The maximum absolute atomic E-state index is 12.0. The van der Waals surface area contributed by atoms with Crippen molar-refractivity contribution in [1.82, 2.24) is 15.3 Å². The molecule has 1 saturated heterocycles. The predicted octanol–water partition coefficient (Wildman–Crippen LogP) is 0.595. The molecule has 1 unspecified atom stereocenters. The summed E-state index contributed by atoms with van der Waals surface area (Å²) in [6.07, 6.45) is 1.55. The highest BCUT2D eigenvalue weighted by molar-refractivity contribution is 5.83. The molecule has 1 fully saturated rings. The van der Waals surface area contributed by atoms with Crippen molar-refractivity contribution in [3.05, 3.63) is 11.4 Å².